The number of halogens is 4. The minimum atomic E-state index is -4.47. The lowest BCUT2D eigenvalue weighted by Crippen LogP contribution is -2.59. The van der Waals surface area contributed by atoms with E-state index in [1.165, 1.54) is 6.07 Å². The molecule has 3 aliphatic rings. The lowest BCUT2D eigenvalue weighted by molar-refractivity contribution is -0.137. The number of aromatic nitrogens is 3. The van der Waals surface area contributed by atoms with Gasteiger partial charge in [0, 0.05) is 24.4 Å². The van der Waals surface area contributed by atoms with Crippen molar-refractivity contribution in [3.8, 4) is 17.3 Å². The van der Waals surface area contributed by atoms with Crippen LogP contribution < -0.4 is 4.74 Å². The molecule has 0 unspecified atom stereocenters. The van der Waals surface area contributed by atoms with Gasteiger partial charge in [0.1, 0.15) is 6.10 Å². The SMILES string of the molecule is O=C(c1ccccc1-c1ncc(F)cn1)N1C[C@@H]2CC[C@H]1[C@H](Oc1ccc(C(F)(F)F)cn1)C2. The first-order valence-electron chi connectivity index (χ1n) is 10.9. The molecule has 1 saturated carbocycles. The lowest BCUT2D eigenvalue weighted by Gasteiger charge is -2.49. The van der Waals surface area contributed by atoms with Gasteiger partial charge in [0.05, 0.1) is 29.6 Å². The number of pyridine rings is 1. The molecule has 2 bridgehead atoms. The molecule has 1 aromatic carbocycles. The fourth-order valence-electron chi connectivity index (χ4n) is 4.74. The molecule has 1 amide bonds. The number of rotatable bonds is 4. The maximum atomic E-state index is 13.6. The maximum Gasteiger partial charge on any atom is 0.417 e. The van der Waals surface area contributed by atoms with E-state index in [0.717, 1.165) is 37.5 Å². The Bertz CT molecular complexity index is 1180. The first-order chi connectivity index (χ1) is 16.3. The average Bonchev–Trinajstić information content (AvgIpc) is 2.84. The van der Waals surface area contributed by atoms with Crippen LogP contribution in [0.25, 0.3) is 11.4 Å². The number of amides is 1. The van der Waals surface area contributed by atoms with Crippen LogP contribution in [0.4, 0.5) is 17.6 Å². The van der Waals surface area contributed by atoms with Gasteiger partial charge in [0.15, 0.2) is 11.6 Å². The predicted molar refractivity (Wildman–Crippen MR) is 113 cm³/mol. The van der Waals surface area contributed by atoms with E-state index >= 15 is 0 Å². The topological polar surface area (TPSA) is 68.2 Å². The van der Waals surface area contributed by atoms with Gasteiger partial charge in [0.2, 0.25) is 5.88 Å². The Morgan fingerprint density at radius 3 is 2.44 bits per heavy atom. The molecule has 2 saturated heterocycles. The second-order valence-corrected chi connectivity index (χ2v) is 8.51. The van der Waals surface area contributed by atoms with Crippen molar-refractivity contribution in [2.75, 3.05) is 6.54 Å². The lowest BCUT2D eigenvalue weighted by atomic mass is 9.77. The third kappa shape index (κ3) is 4.32. The van der Waals surface area contributed by atoms with Crippen LogP contribution in [0, 0.1) is 11.7 Å². The fourth-order valence-corrected chi connectivity index (χ4v) is 4.74. The van der Waals surface area contributed by atoms with Gasteiger partial charge < -0.3 is 9.64 Å². The summed E-state index contributed by atoms with van der Waals surface area (Å²) in [6.45, 7) is 0.558. The summed E-state index contributed by atoms with van der Waals surface area (Å²) < 4.78 is 57.7. The summed E-state index contributed by atoms with van der Waals surface area (Å²) in [5.74, 6) is -0.236. The maximum absolute atomic E-state index is 13.6. The second-order valence-electron chi connectivity index (χ2n) is 8.51. The predicted octanol–water partition coefficient (Wildman–Crippen LogP) is 4.77. The third-order valence-corrected chi connectivity index (χ3v) is 6.34. The number of carbonyl (C=O) groups excluding carboxylic acids is 1. The van der Waals surface area contributed by atoms with Crippen LogP contribution in [0.3, 0.4) is 0 Å². The van der Waals surface area contributed by atoms with Crippen molar-refractivity contribution in [3.63, 3.8) is 0 Å². The number of benzene rings is 1. The average molecular weight is 472 g/mol. The number of fused-ring (bicyclic) bond motifs is 3. The monoisotopic (exact) mass is 472 g/mol. The number of ether oxygens (including phenoxy) is 1. The van der Waals surface area contributed by atoms with Crippen LogP contribution in [0.15, 0.2) is 55.0 Å². The highest BCUT2D eigenvalue weighted by atomic mass is 19.4. The van der Waals surface area contributed by atoms with Crippen LogP contribution in [-0.4, -0.2) is 44.4 Å². The first kappa shape index (κ1) is 22.2. The number of hydrogen-bond donors (Lipinski definition) is 0. The van der Waals surface area contributed by atoms with E-state index in [2.05, 4.69) is 15.0 Å². The number of alkyl halides is 3. The van der Waals surface area contributed by atoms with E-state index in [0.29, 0.717) is 24.1 Å². The van der Waals surface area contributed by atoms with Crippen molar-refractivity contribution in [2.45, 2.75) is 37.6 Å². The van der Waals surface area contributed by atoms with Crippen molar-refractivity contribution in [3.05, 3.63) is 71.9 Å². The van der Waals surface area contributed by atoms with Crippen molar-refractivity contribution < 1.29 is 27.1 Å². The normalized spacial score (nSPS) is 22.0. The molecule has 2 aromatic heterocycles. The summed E-state index contributed by atoms with van der Waals surface area (Å²) in [5, 5.41) is 0. The van der Waals surface area contributed by atoms with E-state index in [9.17, 15) is 22.4 Å². The summed E-state index contributed by atoms with van der Waals surface area (Å²) in [5.41, 5.74) is 0.0466. The number of hydrogen-bond acceptors (Lipinski definition) is 5. The van der Waals surface area contributed by atoms with Crippen molar-refractivity contribution in [1.82, 2.24) is 19.9 Å². The molecule has 2 aliphatic heterocycles. The van der Waals surface area contributed by atoms with E-state index in [1.54, 1.807) is 29.2 Å². The highest BCUT2D eigenvalue weighted by Gasteiger charge is 2.45. The molecule has 3 aromatic rings. The highest BCUT2D eigenvalue weighted by Crippen LogP contribution is 2.39. The fraction of sp³-hybridized carbons (Fsp3) is 0.333. The molecule has 0 radical (unpaired) electrons. The second kappa shape index (κ2) is 8.66. The number of piperidine rings is 2. The van der Waals surface area contributed by atoms with Gasteiger partial charge in [-0.25, -0.2) is 19.3 Å². The van der Waals surface area contributed by atoms with Crippen molar-refractivity contribution in [1.29, 1.82) is 0 Å². The van der Waals surface area contributed by atoms with Gasteiger partial charge in [-0.05, 0) is 37.3 Å². The molecular formula is C24H20F4N4O2. The van der Waals surface area contributed by atoms with Gasteiger partial charge in [-0.2, -0.15) is 13.2 Å². The summed E-state index contributed by atoms with van der Waals surface area (Å²) in [6, 6.07) is 8.78. The van der Waals surface area contributed by atoms with E-state index in [-0.39, 0.29) is 35.7 Å². The van der Waals surface area contributed by atoms with Crippen molar-refractivity contribution >= 4 is 5.91 Å². The smallest absolute Gasteiger partial charge is 0.417 e. The molecule has 6 nitrogen and oxygen atoms in total. The molecule has 34 heavy (non-hydrogen) atoms. The van der Waals surface area contributed by atoms with Crippen LogP contribution in [0.2, 0.25) is 0 Å². The molecular weight excluding hydrogens is 452 g/mol. The van der Waals surface area contributed by atoms with Crippen LogP contribution in [0.5, 0.6) is 5.88 Å². The Balaban J connectivity index is 1.38. The van der Waals surface area contributed by atoms with Crippen LogP contribution in [0.1, 0.15) is 35.2 Å². The summed E-state index contributed by atoms with van der Waals surface area (Å²) in [7, 11) is 0. The molecule has 10 heteroatoms. The molecule has 0 N–H and O–H groups in total. The van der Waals surface area contributed by atoms with Gasteiger partial charge >= 0.3 is 6.18 Å². The molecule has 3 fully saturated rings. The zero-order valence-electron chi connectivity index (χ0n) is 17.9. The molecule has 4 heterocycles. The highest BCUT2D eigenvalue weighted by molar-refractivity contribution is 6.00. The quantitative estimate of drug-likeness (QED) is 0.512. The number of carbonyl (C=O) groups is 1. The van der Waals surface area contributed by atoms with Crippen molar-refractivity contribution in [2.24, 2.45) is 5.92 Å². The van der Waals surface area contributed by atoms with Gasteiger partial charge in [-0.1, -0.05) is 18.2 Å². The first-order valence-corrected chi connectivity index (χ1v) is 10.9. The molecule has 3 atom stereocenters. The zero-order chi connectivity index (χ0) is 23.9. The van der Waals surface area contributed by atoms with Crippen LogP contribution >= 0.6 is 0 Å². The number of nitrogens with zero attached hydrogens (tertiary/aromatic N) is 4. The Hall–Kier alpha value is -3.56. The zero-order valence-corrected chi connectivity index (χ0v) is 17.9. The van der Waals surface area contributed by atoms with E-state index < -0.39 is 17.6 Å². The van der Waals surface area contributed by atoms with E-state index in [1.807, 2.05) is 0 Å². The summed E-state index contributed by atoms with van der Waals surface area (Å²) >= 11 is 0. The minimum Gasteiger partial charge on any atom is -0.472 e. The Kier molecular flexibility index (Phi) is 5.66. The van der Waals surface area contributed by atoms with Crippen LogP contribution in [-0.2, 0) is 6.18 Å². The molecule has 176 valence electrons. The largest absolute Gasteiger partial charge is 0.472 e. The Labute approximate surface area is 192 Å². The summed E-state index contributed by atoms with van der Waals surface area (Å²) in [6.07, 6.45) is 0.350. The van der Waals surface area contributed by atoms with Gasteiger partial charge in [-0.3, -0.25) is 4.79 Å². The molecule has 6 rings (SSSR count). The molecule has 0 spiro atoms. The summed E-state index contributed by atoms with van der Waals surface area (Å²) in [4.78, 5) is 27.2. The Morgan fingerprint density at radius 2 is 1.76 bits per heavy atom. The molecule has 1 aliphatic carbocycles. The minimum absolute atomic E-state index is 0.0954. The van der Waals surface area contributed by atoms with Gasteiger partial charge in [-0.15, -0.1) is 0 Å². The Morgan fingerprint density at radius 1 is 1.00 bits per heavy atom. The standard InChI is InChI=1S/C24H20F4N4O2/c25-16-11-30-22(31-12-16)17-3-1-2-4-18(17)23(33)32-13-14-5-7-19(32)20(9-14)34-21-8-6-15(10-29-21)24(26,27)28/h1-4,6,8,10-12,14,19-20H,5,7,9,13H2/t14-,19+,20-/m1/s1. The van der Waals surface area contributed by atoms with Gasteiger partial charge in [0.25, 0.3) is 5.91 Å². The third-order valence-electron chi connectivity index (χ3n) is 6.34. The van der Waals surface area contributed by atoms with E-state index in [4.69, 9.17) is 4.74 Å².